The summed E-state index contributed by atoms with van der Waals surface area (Å²) in [6.07, 6.45) is -4.26. The molecule has 1 N–H and O–H groups in total. The van der Waals surface area contributed by atoms with Crippen molar-refractivity contribution in [3.63, 3.8) is 0 Å². The molecule has 0 aromatic heterocycles. The van der Waals surface area contributed by atoms with E-state index in [1.807, 2.05) is 6.07 Å². The first-order valence-corrected chi connectivity index (χ1v) is 8.25. The summed E-state index contributed by atoms with van der Waals surface area (Å²) in [4.78, 5) is 0. The second-order valence-corrected chi connectivity index (χ2v) is 7.17. The zero-order chi connectivity index (χ0) is 16.3. The molecule has 9 heteroatoms. The number of nitrogens with zero attached hydrogens (tertiary/aromatic N) is 2. The van der Waals surface area contributed by atoms with Crippen molar-refractivity contribution in [1.29, 1.82) is 5.26 Å². The average molecular weight is 327 g/mol. The SMILES string of the molecule is CCN(CC(C)C#N)S(=O)(=O)NCC1CC(C(F)(F)F)C1. The summed E-state index contributed by atoms with van der Waals surface area (Å²) in [5.41, 5.74) is 0. The van der Waals surface area contributed by atoms with Crippen molar-refractivity contribution in [2.24, 2.45) is 17.8 Å². The number of nitrogens with one attached hydrogen (secondary N) is 1. The lowest BCUT2D eigenvalue weighted by Gasteiger charge is -2.36. The molecule has 0 heterocycles. The Hall–Kier alpha value is -0.850. The Kier molecular flexibility index (Phi) is 6.01. The van der Waals surface area contributed by atoms with E-state index >= 15 is 0 Å². The molecule has 0 aromatic rings. The monoisotopic (exact) mass is 327 g/mol. The predicted molar refractivity (Wildman–Crippen MR) is 71.2 cm³/mol. The minimum atomic E-state index is -4.19. The highest BCUT2D eigenvalue weighted by Gasteiger charge is 2.47. The van der Waals surface area contributed by atoms with Crippen LogP contribution in [-0.2, 0) is 10.2 Å². The quantitative estimate of drug-likeness (QED) is 0.776. The maximum atomic E-state index is 12.3. The van der Waals surface area contributed by atoms with Gasteiger partial charge in [-0.1, -0.05) is 6.92 Å². The topological polar surface area (TPSA) is 73.2 Å². The maximum Gasteiger partial charge on any atom is 0.391 e. The van der Waals surface area contributed by atoms with Crippen LogP contribution in [0.2, 0.25) is 0 Å². The van der Waals surface area contributed by atoms with Gasteiger partial charge in [0, 0.05) is 19.6 Å². The van der Waals surface area contributed by atoms with Crippen molar-refractivity contribution in [3.05, 3.63) is 0 Å². The summed E-state index contributed by atoms with van der Waals surface area (Å²) >= 11 is 0. The predicted octanol–water partition coefficient (Wildman–Crippen LogP) is 1.89. The van der Waals surface area contributed by atoms with E-state index in [1.165, 1.54) is 0 Å². The lowest BCUT2D eigenvalue weighted by atomic mass is 9.74. The van der Waals surface area contributed by atoms with E-state index < -0.39 is 28.2 Å². The largest absolute Gasteiger partial charge is 0.391 e. The molecule has 0 saturated heterocycles. The fraction of sp³-hybridized carbons (Fsp3) is 0.917. The van der Waals surface area contributed by atoms with Crippen LogP contribution in [0.15, 0.2) is 0 Å². The van der Waals surface area contributed by atoms with Crippen LogP contribution < -0.4 is 4.72 Å². The Morgan fingerprint density at radius 2 is 2.00 bits per heavy atom. The first-order chi connectivity index (χ1) is 9.60. The van der Waals surface area contributed by atoms with Gasteiger partial charge < -0.3 is 0 Å². The van der Waals surface area contributed by atoms with Crippen LogP contribution in [0.3, 0.4) is 0 Å². The van der Waals surface area contributed by atoms with Gasteiger partial charge in [0.15, 0.2) is 0 Å². The van der Waals surface area contributed by atoms with Gasteiger partial charge in [-0.25, -0.2) is 4.72 Å². The molecule has 1 rings (SSSR count). The highest BCUT2D eigenvalue weighted by atomic mass is 32.2. The van der Waals surface area contributed by atoms with E-state index in [-0.39, 0.29) is 38.4 Å². The van der Waals surface area contributed by atoms with Crippen molar-refractivity contribution in [2.45, 2.75) is 32.9 Å². The van der Waals surface area contributed by atoms with Crippen molar-refractivity contribution in [1.82, 2.24) is 9.03 Å². The summed E-state index contributed by atoms with van der Waals surface area (Å²) in [5.74, 6) is -2.04. The van der Waals surface area contributed by atoms with Gasteiger partial charge in [0.2, 0.25) is 0 Å². The molecule has 0 spiro atoms. The summed E-state index contributed by atoms with van der Waals surface area (Å²) in [6, 6.07) is 1.95. The Labute approximate surface area is 123 Å². The second kappa shape index (κ2) is 6.94. The molecule has 21 heavy (non-hydrogen) atoms. The standard InChI is InChI=1S/C12H20F3N3O2S/c1-3-18(8-9(2)6-16)21(19,20)17-7-10-4-11(5-10)12(13,14)15/h9-11,17H,3-5,7-8H2,1-2H3. The molecule has 1 fully saturated rings. The van der Waals surface area contributed by atoms with Crippen LogP contribution >= 0.6 is 0 Å². The fourth-order valence-electron chi connectivity index (χ4n) is 2.23. The van der Waals surface area contributed by atoms with Gasteiger partial charge in [-0.05, 0) is 25.7 Å². The number of hydrogen-bond acceptors (Lipinski definition) is 3. The molecule has 1 aliphatic rings. The minimum absolute atomic E-state index is 0.00630. The molecule has 0 amide bonds. The van der Waals surface area contributed by atoms with Crippen molar-refractivity contribution in [3.8, 4) is 6.07 Å². The smallest absolute Gasteiger partial charge is 0.202 e. The highest BCUT2D eigenvalue weighted by Crippen LogP contribution is 2.44. The molecular weight excluding hydrogens is 307 g/mol. The van der Waals surface area contributed by atoms with Gasteiger partial charge in [0.05, 0.1) is 17.9 Å². The molecule has 1 unspecified atom stereocenters. The van der Waals surface area contributed by atoms with Gasteiger partial charge >= 0.3 is 6.18 Å². The molecule has 1 atom stereocenters. The number of rotatable bonds is 7. The van der Waals surface area contributed by atoms with Gasteiger partial charge in [0.25, 0.3) is 10.2 Å². The van der Waals surface area contributed by atoms with Crippen LogP contribution in [0.25, 0.3) is 0 Å². The molecule has 1 saturated carbocycles. The average Bonchev–Trinajstić information content (AvgIpc) is 2.31. The van der Waals surface area contributed by atoms with E-state index in [2.05, 4.69) is 4.72 Å². The maximum absolute atomic E-state index is 12.3. The number of nitriles is 1. The van der Waals surface area contributed by atoms with E-state index in [4.69, 9.17) is 5.26 Å². The molecule has 0 bridgehead atoms. The Bertz CT molecular complexity index is 481. The third-order valence-electron chi connectivity index (χ3n) is 3.64. The number of alkyl halides is 3. The molecule has 1 aliphatic carbocycles. The Morgan fingerprint density at radius 3 is 2.43 bits per heavy atom. The molecule has 0 radical (unpaired) electrons. The lowest BCUT2D eigenvalue weighted by Crippen LogP contribution is -2.47. The first kappa shape index (κ1) is 18.2. The first-order valence-electron chi connectivity index (χ1n) is 6.81. The Balaban J connectivity index is 2.45. The molecule has 0 aromatic carbocycles. The van der Waals surface area contributed by atoms with Crippen LogP contribution in [0.4, 0.5) is 13.2 Å². The fourth-order valence-corrected chi connectivity index (χ4v) is 3.62. The normalized spacial score (nSPS) is 24.4. The van der Waals surface area contributed by atoms with Crippen molar-refractivity contribution >= 4 is 10.2 Å². The number of halogens is 3. The summed E-state index contributed by atoms with van der Waals surface area (Å²) in [7, 11) is -3.75. The van der Waals surface area contributed by atoms with Crippen LogP contribution in [0.5, 0.6) is 0 Å². The van der Waals surface area contributed by atoms with Crippen LogP contribution in [-0.4, -0.2) is 38.5 Å². The minimum Gasteiger partial charge on any atom is -0.202 e. The van der Waals surface area contributed by atoms with E-state index in [1.54, 1.807) is 13.8 Å². The summed E-state index contributed by atoms with van der Waals surface area (Å²) in [5, 5.41) is 8.72. The third-order valence-corrected chi connectivity index (χ3v) is 5.26. The van der Waals surface area contributed by atoms with Crippen LogP contribution in [0, 0.1) is 29.1 Å². The number of hydrogen-bond donors (Lipinski definition) is 1. The lowest BCUT2D eigenvalue weighted by molar-refractivity contribution is -0.203. The summed E-state index contributed by atoms with van der Waals surface area (Å²) in [6.45, 7) is 3.53. The van der Waals surface area contributed by atoms with E-state index in [9.17, 15) is 21.6 Å². The molecule has 0 aliphatic heterocycles. The second-order valence-electron chi connectivity index (χ2n) is 5.41. The molecular formula is C12H20F3N3O2S. The van der Waals surface area contributed by atoms with E-state index in [0.29, 0.717) is 0 Å². The van der Waals surface area contributed by atoms with Crippen molar-refractivity contribution < 1.29 is 21.6 Å². The van der Waals surface area contributed by atoms with Crippen LogP contribution in [0.1, 0.15) is 26.7 Å². The zero-order valence-electron chi connectivity index (χ0n) is 12.0. The van der Waals surface area contributed by atoms with Crippen molar-refractivity contribution in [2.75, 3.05) is 19.6 Å². The van der Waals surface area contributed by atoms with Gasteiger partial charge in [-0.2, -0.15) is 31.2 Å². The third kappa shape index (κ3) is 5.13. The zero-order valence-corrected chi connectivity index (χ0v) is 12.8. The van der Waals surface area contributed by atoms with Gasteiger partial charge in [0.1, 0.15) is 0 Å². The Morgan fingerprint density at radius 1 is 1.43 bits per heavy atom. The highest BCUT2D eigenvalue weighted by molar-refractivity contribution is 7.87. The van der Waals surface area contributed by atoms with E-state index in [0.717, 1.165) is 4.31 Å². The molecule has 5 nitrogen and oxygen atoms in total. The van der Waals surface area contributed by atoms with Gasteiger partial charge in [-0.3, -0.25) is 0 Å². The molecule has 122 valence electrons. The van der Waals surface area contributed by atoms with Gasteiger partial charge in [-0.15, -0.1) is 0 Å². The summed E-state index contributed by atoms with van der Waals surface area (Å²) < 4.78 is 64.5.